The number of fused-ring (bicyclic) bond motifs is 2. The Morgan fingerprint density at radius 1 is 1.27 bits per heavy atom. The molecule has 1 heteroatoms. The minimum atomic E-state index is 0.480. The molecule has 64 valence electrons. The van der Waals surface area contributed by atoms with Crippen molar-refractivity contribution in [3.8, 4) is 0 Å². The predicted molar refractivity (Wildman–Crippen MR) is 47.2 cm³/mol. The van der Waals surface area contributed by atoms with E-state index in [9.17, 15) is 0 Å². The summed E-state index contributed by atoms with van der Waals surface area (Å²) in [6.45, 7) is 7.16. The molecule has 2 rings (SSSR count). The van der Waals surface area contributed by atoms with Gasteiger partial charge in [-0.05, 0) is 36.0 Å². The second-order valence-electron chi connectivity index (χ2n) is 5.56. The zero-order valence-corrected chi connectivity index (χ0v) is 7.85. The van der Waals surface area contributed by atoms with Crippen molar-refractivity contribution in [1.82, 2.24) is 0 Å². The van der Waals surface area contributed by atoms with Crippen LogP contribution in [0.3, 0.4) is 0 Å². The maximum Gasteiger partial charge on any atom is 0.00960 e. The first-order valence-corrected chi connectivity index (χ1v) is 4.70. The Bertz CT molecular complexity index is 185. The topological polar surface area (TPSA) is 26.0 Å². The molecule has 0 spiro atoms. The predicted octanol–water partition coefficient (Wildman–Crippen LogP) is 2.16. The Kier molecular flexibility index (Phi) is 1.26. The minimum absolute atomic E-state index is 0.480. The molecule has 0 radical (unpaired) electrons. The Morgan fingerprint density at radius 2 is 1.91 bits per heavy atom. The molecule has 0 saturated heterocycles. The quantitative estimate of drug-likeness (QED) is 0.567. The van der Waals surface area contributed by atoms with Gasteiger partial charge in [0.05, 0.1) is 0 Å². The van der Waals surface area contributed by atoms with Crippen LogP contribution in [0, 0.1) is 16.7 Å². The van der Waals surface area contributed by atoms with Crippen molar-refractivity contribution in [3.63, 3.8) is 0 Å². The third-order valence-corrected chi connectivity index (χ3v) is 4.11. The summed E-state index contributed by atoms with van der Waals surface area (Å²) < 4.78 is 0. The highest BCUT2D eigenvalue weighted by Crippen LogP contribution is 2.61. The van der Waals surface area contributed by atoms with Crippen molar-refractivity contribution in [2.45, 2.75) is 46.1 Å². The molecule has 2 saturated carbocycles. The summed E-state index contributed by atoms with van der Waals surface area (Å²) in [7, 11) is 0. The summed E-state index contributed by atoms with van der Waals surface area (Å²) in [5.41, 5.74) is 7.13. The summed E-state index contributed by atoms with van der Waals surface area (Å²) in [5.74, 6) is 0.905. The van der Waals surface area contributed by atoms with Gasteiger partial charge in [0, 0.05) is 6.04 Å². The van der Waals surface area contributed by atoms with Crippen molar-refractivity contribution in [2.75, 3.05) is 0 Å². The van der Waals surface area contributed by atoms with Gasteiger partial charge in [-0.25, -0.2) is 0 Å². The van der Waals surface area contributed by atoms with Gasteiger partial charge in [0.1, 0.15) is 0 Å². The highest BCUT2D eigenvalue weighted by Gasteiger charge is 2.55. The highest BCUT2D eigenvalue weighted by atomic mass is 14.8. The number of hydrogen-bond donors (Lipinski definition) is 1. The van der Waals surface area contributed by atoms with Crippen LogP contribution in [0.2, 0.25) is 0 Å². The van der Waals surface area contributed by atoms with Crippen LogP contribution in [0.15, 0.2) is 0 Å². The maximum absolute atomic E-state index is 6.08. The normalized spacial score (nSPS) is 53.5. The van der Waals surface area contributed by atoms with Gasteiger partial charge in [-0.3, -0.25) is 0 Å². The average Bonchev–Trinajstić information content (AvgIpc) is 2.16. The van der Waals surface area contributed by atoms with E-state index in [1.54, 1.807) is 0 Å². The molecule has 11 heavy (non-hydrogen) atoms. The van der Waals surface area contributed by atoms with E-state index in [1.165, 1.54) is 19.3 Å². The van der Waals surface area contributed by atoms with Gasteiger partial charge in [0.2, 0.25) is 0 Å². The zero-order valence-electron chi connectivity index (χ0n) is 7.85. The van der Waals surface area contributed by atoms with E-state index in [0.717, 1.165) is 5.92 Å². The smallest absolute Gasteiger partial charge is 0.00960 e. The van der Waals surface area contributed by atoms with Crippen molar-refractivity contribution < 1.29 is 0 Å². The molecule has 2 aliphatic carbocycles. The van der Waals surface area contributed by atoms with Crippen LogP contribution in [-0.2, 0) is 0 Å². The fourth-order valence-electron chi connectivity index (χ4n) is 3.37. The van der Waals surface area contributed by atoms with Crippen LogP contribution in [-0.4, -0.2) is 6.04 Å². The molecule has 2 fully saturated rings. The van der Waals surface area contributed by atoms with Crippen LogP contribution in [0.4, 0.5) is 0 Å². The second-order valence-corrected chi connectivity index (χ2v) is 5.56. The first-order chi connectivity index (χ1) is 4.94. The molecule has 0 aromatic carbocycles. The van der Waals surface area contributed by atoms with Crippen molar-refractivity contribution in [3.05, 3.63) is 0 Å². The SMILES string of the molecule is CC1(C)C[C@@]2(C)CC1CC2N. The van der Waals surface area contributed by atoms with Crippen molar-refractivity contribution >= 4 is 0 Å². The third kappa shape index (κ3) is 0.868. The van der Waals surface area contributed by atoms with E-state index < -0.39 is 0 Å². The lowest BCUT2D eigenvalue weighted by Gasteiger charge is -2.37. The van der Waals surface area contributed by atoms with E-state index in [4.69, 9.17) is 5.73 Å². The third-order valence-electron chi connectivity index (χ3n) is 4.11. The van der Waals surface area contributed by atoms with Crippen LogP contribution in [0.5, 0.6) is 0 Å². The van der Waals surface area contributed by atoms with Crippen molar-refractivity contribution in [2.24, 2.45) is 22.5 Å². The lowest BCUT2D eigenvalue weighted by molar-refractivity contribution is 0.160. The van der Waals surface area contributed by atoms with Gasteiger partial charge in [0.25, 0.3) is 0 Å². The molecule has 0 aromatic heterocycles. The molecule has 0 aliphatic heterocycles. The first-order valence-electron chi connectivity index (χ1n) is 4.70. The van der Waals surface area contributed by atoms with E-state index in [2.05, 4.69) is 20.8 Å². The molecule has 2 bridgehead atoms. The highest BCUT2D eigenvalue weighted by molar-refractivity contribution is 5.08. The second kappa shape index (κ2) is 1.82. The average molecular weight is 153 g/mol. The standard InChI is InChI=1S/C10H19N/c1-9(2)6-10(3)5-7(9)4-8(10)11/h7-8H,4-6,11H2,1-3H3/t7?,8?,10-/m1/s1. The lowest BCUT2D eigenvalue weighted by atomic mass is 9.71. The molecule has 2 N–H and O–H groups in total. The number of nitrogens with two attached hydrogens (primary N) is 1. The Hall–Kier alpha value is -0.0400. The summed E-state index contributed by atoms with van der Waals surface area (Å²) in [4.78, 5) is 0. The molecule has 1 nitrogen and oxygen atoms in total. The van der Waals surface area contributed by atoms with Gasteiger partial charge in [-0.2, -0.15) is 0 Å². The summed E-state index contributed by atoms with van der Waals surface area (Å²) >= 11 is 0. The molecular formula is C10H19N. The van der Waals surface area contributed by atoms with Crippen LogP contribution in [0.25, 0.3) is 0 Å². The number of hydrogen-bond acceptors (Lipinski definition) is 1. The molecule has 0 heterocycles. The van der Waals surface area contributed by atoms with Gasteiger partial charge in [0.15, 0.2) is 0 Å². The lowest BCUT2D eigenvalue weighted by Crippen LogP contribution is -2.39. The molecule has 0 aromatic rings. The zero-order chi connectivity index (χ0) is 8.28. The minimum Gasteiger partial charge on any atom is -0.327 e. The Balaban J connectivity index is 2.27. The van der Waals surface area contributed by atoms with E-state index in [1.807, 2.05) is 0 Å². The first kappa shape index (κ1) is 7.60. The molecule has 2 aliphatic rings. The van der Waals surface area contributed by atoms with Crippen LogP contribution < -0.4 is 5.73 Å². The summed E-state index contributed by atoms with van der Waals surface area (Å²) in [6.07, 6.45) is 3.98. The van der Waals surface area contributed by atoms with Crippen LogP contribution in [0.1, 0.15) is 40.0 Å². The fraction of sp³-hybridized carbons (Fsp3) is 1.00. The largest absolute Gasteiger partial charge is 0.327 e. The molecule has 3 atom stereocenters. The van der Waals surface area contributed by atoms with E-state index in [-0.39, 0.29) is 0 Å². The van der Waals surface area contributed by atoms with E-state index in [0.29, 0.717) is 16.9 Å². The van der Waals surface area contributed by atoms with Gasteiger partial charge in [-0.15, -0.1) is 0 Å². The summed E-state index contributed by atoms with van der Waals surface area (Å²) in [5, 5.41) is 0. The Morgan fingerprint density at radius 3 is 2.18 bits per heavy atom. The fourth-order valence-corrected chi connectivity index (χ4v) is 3.37. The molecule has 0 amide bonds. The van der Waals surface area contributed by atoms with Crippen molar-refractivity contribution in [1.29, 1.82) is 0 Å². The summed E-state index contributed by atoms with van der Waals surface area (Å²) in [6, 6.07) is 0.487. The van der Waals surface area contributed by atoms with E-state index >= 15 is 0 Å². The van der Waals surface area contributed by atoms with Crippen LogP contribution >= 0.6 is 0 Å². The maximum atomic E-state index is 6.08. The Labute approximate surface area is 69.4 Å². The van der Waals surface area contributed by atoms with Gasteiger partial charge >= 0.3 is 0 Å². The van der Waals surface area contributed by atoms with Gasteiger partial charge < -0.3 is 5.73 Å². The molecule has 2 unspecified atom stereocenters. The monoisotopic (exact) mass is 153 g/mol. The van der Waals surface area contributed by atoms with Gasteiger partial charge in [-0.1, -0.05) is 20.8 Å². The molecular weight excluding hydrogens is 134 g/mol. The number of rotatable bonds is 0.